The lowest BCUT2D eigenvalue weighted by Crippen LogP contribution is -2.34. The highest BCUT2D eigenvalue weighted by Crippen LogP contribution is 2.30. The van der Waals surface area contributed by atoms with Crippen molar-refractivity contribution in [2.75, 3.05) is 0 Å². The molecule has 14 aromatic rings. The molecule has 7 aromatic carbocycles. The van der Waals surface area contributed by atoms with Gasteiger partial charge in [0.25, 0.3) is 0 Å². The first-order chi connectivity index (χ1) is 53.1. The minimum Gasteiger partial charge on any atom is -0.201 e. The Kier molecular flexibility index (Phi) is 30.4. The van der Waals surface area contributed by atoms with Gasteiger partial charge < -0.3 is 0 Å². The molecule has 7 heteroatoms. The van der Waals surface area contributed by atoms with Crippen molar-refractivity contribution in [3.05, 3.63) is 373 Å². The van der Waals surface area contributed by atoms with Crippen LogP contribution in [-0.4, -0.2) is 0 Å². The Labute approximate surface area is 673 Å². The van der Waals surface area contributed by atoms with Crippen molar-refractivity contribution in [1.29, 1.82) is 0 Å². The van der Waals surface area contributed by atoms with Crippen LogP contribution in [0.1, 0.15) is 117 Å². The fraction of sp³-hybridized carbons (Fsp3) is 0.267. The lowest BCUT2D eigenvalue weighted by Gasteiger charge is -2.08. The van der Waals surface area contributed by atoms with Gasteiger partial charge in [-0.05, 0) is 258 Å². The number of aromatic nitrogens is 7. The summed E-state index contributed by atoms with van der Waals surface area (Å²) in [5, 5.41) is 0. The molecule has 0 radical (unpaired) electrons. The van der Waals surface area contributed by atoms with Gasteiger partial charge >= 0.3 is 0 Å². The third-order valence-electron chi connectivity index (χ3n) is 21.6. The van der Waals surface area contributed by atoms with E-state index in [1.54, 1.807) is 0 Å². The maximum absolute atomic E-state index is 2.25. The number of hydrogen-bond acceptors (Lipinski definition) is 0. The molecule has 0 atom stereocenters. The van der Waals surface area contributed by atoms with E-state index in [0.717, 1.165) is 0 Å². The van der Waals surface area contributed by atoms with Crippen LogP contribution in [0, 0.1) is 145 Å². The fourth-order valence-corrected chi connectivity index (χ4v) is 14.5. The van der Waals surface area contributed by atoms with Crippen molar-refractivity contribution in [1.82, 2.24) is 0 Å². The number of nitrogens with zero attached hydrogens (tertiary/aromatic N) is 7. The second-order valence-corrected chi connectivity index (χ2v) is 31.2. The fourth-order valence-electron chi connectivity index (χ4n) is 14.5. The van der Waals surface area contributed by atoms with E-state index in [-0.39, 0.29) is 0 Å². The first-order valence-corrected chi connectivity index (χ1v) is 39.4. The van der Waals surface area contributed by atoms with Crippen molar-refractivity contribution in [3.8, 4) is 78.8 Å². The molecule has 14 rings (SSSR count). The summed E-state index contributed by atoms with van der Waals surface area (Å²) in [5.74, 6) is 0. The van der Waals surface area contributed by atoms with Gasteiger partial charge in [0.2, 0.25) is 39.9 Å². The Morgan fingerprint density at radius 1 is 0.179 bits per heavy atom. The van der Waals surface area contributed by atoms with Gasteiger partial charge in [0.05, 0.1) is 11.1 Å². The maximum atomic E-state index is 2.25. The molecule has 574 valence electrons. The van der Waals surface area contributed by atoms with Gasteiger partial charge in [-0.25, -0.2) is 27.4 Å². The van der Waals surface area contributed by atoms with Gasteiger partial charge in [0.15, 0.2) is 42.9 Å². The Balaban J connectivity index is 0.000000164. The molecule has 0 bridgehead atoms. The third kappa shape index (κ3) is 22.2. The standard InChI is InChI=1S/7C15H18N/c2*1-11-5-6-13(3)14(9-11)15-10-12(2)7-8-16(15)4;2*1-11-8-9-16(4)14(10-11)15-12(2)6-5-7-13(15)3;1-11-9-13(3)16(4)15(10-11)14-8-6-5-7-12(14)2;2*1-11-9-10-16(4)15(13(11)3)14-8-6-5-7-12(14)2/h7*5-10H,1-4H3/q7*+1. The van der Waals surface area contributed by atoms with E-state index in [1.807, 2.05) is 0 Å². The monoisotopic (exact) mass is 1490 g/mol. The highest BCUT2D eigenvalue weighted by Gasteiger charge is 2.22. The molecule has 7 aromatic heterocycles. The largest absolute Gasteiger partial charge is 0.215 e. The molecule has 7 nitrogen and oxygen atoms in total. The molecule has 7 heterocycles. The first-order valence-electron chi connectivity index (χ1n) is 39.4. The Morgan fingerprint density at radius 3 is 0.786 bits per heavy atom. The van der Waals surface area contributed by atoms with Gasteiger partial charge in [0, 0.05) is 119 Å². The minimum atomic E-state index is 1.28. The smallest absolute Gasteiger partial charge is 0.201 e. The molecule has 0 saturated carbocycles. The van der Waals surface area contributed by atoms with E-state index in [2.05, 4.69) is 482 Å². The van der Waals surface area contributed by atoms with E-state index in [4.69, 9.17) is 0 Å². The molecule has 0 aliphatic rings. The van der Waals surface area contributed by atoms with Gasteiger partial charge in [0.1, 0.15) is 49.3 Å². The number of hydrogen-bond donors (Lipinski definition) is 0. The summed E-state index contributed by atoms with van der Waals surface area (Å²) < 4.78 is 15.4. The molecule has 112 heavy (non-hydrogen) atoms. The number of rotatable bonds is 7. The van der Waals surface area contributed by atoms with Gasteiger partial charge in [-0.3, -0.25) is 0 Å². The maximum Gasteiger partial charge on any atom is 0.215 e. The minimum absolute atomic E-state index is 1.28. The lowest BCUT2D eigenvalue weighted by molar-refractivity contribution is -0.666. The van der Waals surface area contributed by atoms with E-state index < -0.39 is 0 Å². The molecule has 0 fully saturated rings. The van der Waals surface area contributed by atoms with Crippen molar-refractivity contribution in [2.45, 2.75) is 145 Å². The van der Waals surface area contributed by atoms with Gasteiger partial charge in [-0.15, -0.1) is 0 Å². The molecule has 0 spiro atoms. The third-order valence-corrected chi connectivity index (χ3v) is 21.6. The normalized spacial score (nSPS) is 10.5. The lowest BCUT2D eigenvalue weighted by atomic mass is 9.98. The Bertz CT molecular complexity index is 5200. The topological polar surface area (TPSA) is 27.2 Å². The van der Waals surface area contributed by atoms with Crippen LogP contribution < -0.4 is 32.0 Å². The SMILES string of the molecule is Cc1cc(C)[n+](C)c(-c2ccccc2C)c1.Cc1cc[n+](C)c(-c2c(C)cccc2C)c1.Cc1cc[n+](C)c(-c2c(C)cccc2C)c1.Cc1ccc(C)c(-c2cc(C)cc[n+]2C)c1.Cc1ccc(C)c(-c2cc(C)cc[n+]2C)c1.Cc1ccccc1-c1c(C)c(C)cc[n+]1C.Cc1ccccc1-c1c(C)c(C)cc[n+]1C. The van der Waals surface area contributed by atoms with Crippen molar-refractivity contribution >= 4 is 0 Å². The number of aryl methyl sites for hydroxylation is 25. The Hall–Kier alpha value is -11.4. The summed E-state index contributed by atoms with van der Waals surface area (Å²) in [6.45, 7) is 45.3. The molecule has 0 N–H and O–H groups in total. The van der Waals surface area contributed by atoms with E-state index in [1.165, 1.54) is 196 Å². The highest BCUT2D eigenvalue weighted by atomic mass is 15.0. The van der Waals surface area contributed by atoms with E-state index in [0.29, 0.717) is 0 Å². The van der Waals surface area contributed by atoms with Crippen molar-refractivity contribution < 1.29 is 32.0 Å². The zero-order valence-corrected chi connectivity index (χ0v) is 72.9. The summed E-state index contributed by atoms with van der Waals surface area (Å²) >= 11 is 0. The van der Waals surface area contributed by atoms with Crippen LogP contribution in [0.15, 0.2) is 256 Å². The molecule has 0 unspecified atom stereocenters. The summed E-state index contributed by atoms with van der Waals surface area (Å²) in [5.41, 5.74) is 46.2. The summed E-state index contributed by atoms with van der Waals surface area (Å²) in [4.78, 5) is 0. The molecular formula is C105H126N7+7. The summed E-state index contributed by atoms with van der Waals surface area (Å²) in [7, 11) is 14.7. The summed E-state index contributed by atoms with van der Waals surface area (Å²) in [6, 6.07) is 78.0. The predicted molar refractivity (Wildman–Crippen MR) is 471 cm³/mol. The number of benzene rings is 7. The van der Waals surface area contributed by atoms with Crippen LogP contribution in [0.4, 0.5) is 0 Å². The average Bonchev–Trinajstić information content (AvgIpc) is 0.816. The van der Waals surface area contributed by atoms with Gasteiger partial charge in [-0.1, -0.05) is 126 Å². The average molecular weight is 1490 g/mol. The van der Waals surface area contributed by atoms with Crippen LogP contribution >= 0.6 is 0 Å². The molecular weight excluding hydrogens is 1360 g/mol. The van der Waals surface area contributed by atoms with Crippen LogP contribution in [0.5, 0.6) is 0 Å². The Morgan fingerprint density at radius 2 is 0.446 bits per heavy atom. The van der Waals surface area contributed by atoms with E-state index in [9.17, 15) is 0 Å². The van der Waals surface area contributed by atoms with Crippen LogP contribution in [0.25, 0.3) is 78.8 Å². The molecule has 0 aliphatic carbocycles. The quantitative estimate of drug-likeness (QED) is 0.142. The van der Waals surface area contributed by atoms with E-state index >= 15 is 0 Å². The second-order valence-electron chi connectivity index (χ2n) is 31.2. The zero-order chi connectivity index (χ0) is 81.9. The van der Waals surface area contributed by atoms with Crippen LogP contribution in [-0.2, 0) is 49.3 Å². The highest BCUT2D eigenvalue weighted by molar-refractivity contribution is 5.69. The molecule has 0 saturated heterocycles. The molecule has 0 aliphatic heterocycles. The van der Waals surface area contributed by atoms with Crippen LogP contribution in [0.3, 0.4) is 0 Å². The second kappa shape index (κ2) is 39.5. The first kappa shape index (κ1) is 86.2. The van der Waals surface area contributed by atoms with Crippen molar-refractivity contribution in [2.24, 2.45) is 49.3 Å². The number of pyridine rings is 7. The summed E-state index contributed by atoms with van der Waals surface area (Å²) in [6.07, 6.45) is 12.7. The van der Waals surface area contributed by atoms with Crippen LogP contribution in [0.2, 0.25) is 0 Å². The van der Waals surface area contributed by atoms with Gasteiger partial charge in [-0.2, -0.15) is 4.57 Å². The molecule has 0 amide bonds. The predicted octanol–water partition coefficient (Wildman–Crippen LogP) is 21.7. The zero-order valence-electron chi connectivity index (χ0n) is 72.9. The van der Waals surface area contributed by atoms with Crippen molar-refractivity contribution in [3.63, 3.8) is 0 Å².